The molecule has 8 nitrogen and oxygen atoms in total. The highest BCUT2D eigenvalue weighted by Crippen LogP contribution is 2.45. The highest BCUT2D eigenvalue weighted by molar-refractivity contribution is 6.04. The summed E-state index contributed by atoms with van der Waals surface area (Å²) in [6, 6.07) is 11.9. The smallest absolute Gasteiger partial charge is 0.270 e. The number of nitrogens with zero attached hydrogens (tertiary/aromatic N) is 2. The van der Waals surface area contributed by atoms with Gasteiger partial charge in [-0.25, -0.2) is 0 Å². The van der Waals surface area contributed by atoms with Crippen LogP contribution in [-0.4, -0.2) is 46.1 Å². The summed E-state index contributed by atoms with van der Waals surface area (Å²) < 4.78 is 6.18. The van der Waals surface area contributed by atoms with Crippen LogP contribution in [0.25, 0.3) is 5.70 Å². The number of aliphatic hydroxyl groups excluding tert-OH is 1. The van der Waals surface area contributed by atoms with Crippen LogP contribution in [-0.2, 0) is 6.54 Å². The van der Waals surface area contributed by atoms with Crippen molar-refractivity contribution in [3.8, 4) is 5.75 Å². The van der Waals surface area contributed by atoms with Gasteiger partial charge in [-0.15, -0.1) is 0 Å². The van der Waals surface area contributed by atoms with Gasteiger partial charge in [0.2, 0.25) is 0 Å². The van der Waals surface area contributed by atoms with Crippen molar-refractivity contribution in [2.45, 2.75) is 26.0 Å². The maximum atomic E-state index is 13.3. The SMILES string of the molecule is CC1(C)Oc2ccc([N+](=O)[O-])cc2C(N2Cc3ccccc3C2=O)=C1CNCCO. The zero-order chi connectivity index (χ0) is 21.5. The monoisotopic (exact) mass is 409 g/mol. The standard InChI is InChI=1S/C22H23N3O5/c1-22(2)18(12-23-9-10-26)20(17-11-15(25(28)29)7-8-19(17)30-22)24-13-14-5-3-4-6-16(14)21(24)27/h3-8,11,23,26H,9-10,12-13H2,1-2H3. The van der Waals surface area contributed by atoms with E-state index >= 15 is 0 Å². The van der Waals surface area contributed by atoms with Crippen LogP contribution in [0.2, 0.25) is 0 Å². The summed E-state index contributed by atoms with van der Waals surface area (Å²) in [5.41, 5.74) is 2.65. The lowest BCUT2D eigenvalue weighted by Crippen LogP contribution is -2.42. The number of fused-ring (bicyclic) bond motifs is 2. The lowest BCUT2D eigenvalue weighted by molar-refractivity contribution is -0.384. The molecule has 2 N–H and O–H groups in total. The van der Waals surface area contributed by atoms with Gasteiger partial charge in [0.05, 0.1) is 23.8 Å². The summed E-state index contributed by atoms with van der Waals surface area (Å²) >= 11 is 0. The molecule has 0 bridgehead atoms. The lowest BCUT2D eigenvalue weighted by Gasteiger charge is -2.39. The van der Waals surface area contributed by atoms with E-state index in [-0.39, 0.29) is 18.2 Å². The Balaban J connectivity index is 1.90. The average Bonchev–Trinajstić information content (AvgIpc) is 3.04. The normalized spacial score (nSPS) is 16.9. The quantitative estimate of drug-likeness (QED) is 0.432. The number of hydrogen-bond acceptors (Lipinski definition) is 6. The van der Waals surface area contributed by atoms with Gasteiger partial charge in [-0.2, -0.15) is 0 Å². The number of aliphatic hydroxyl groups is 1. The first-order chi connectivity index (χ1) is 14.3. The van der Waals surface area contributed by atoms with Crippen molar-refractivity contribution in [3.63, 3.8) is 0 Å². The number of rotatable bonds is 6. The van der Waals surface area contributed by atoms with E-state index in [0.717, 1.165) is 11.1 Å². The topological polar surface area (TPSA) is 105 Å². The van der Waals surface area contributed by atoms with E-state index in [1.54, 1.807) is 17.0 Å². The second kappa shape index (κ2) is 7.55. The largest absolute Gasteiger partial charge is 0.483 e. The highest BCUT2D eigenvalue weighted by Gasteiger charge is 2.41. The number of ether oxygens (including phenoxy) is 1. The van der Waals surface area contributed by atoms with Gasteiger partial charge in [0.15, 0.2) is 0 Å². The minimum absolute atomic E-state index is 0.0277. The number of hydrogen-bond donors (Lipinski definition) is 2. The van der Waals surface area contributed by atoms with Crippen molar-refractivity contribution in [2.24, 2.45) is 0 Å². The zero-order valence-corrected chi connectivity index (χ0v) is 16.8. The molecule has 2 heterocycles. The molecule has 8 heteroatoms. The van der Waals surface area contributed by atoms with Crippen molar-refractivity contribution in [1.29, 1.82) is 0 Å². The first-order valence-electron chi connectivity index (χ1n) is 9.76. The summed E-state index contributed by atoms with van der Waals surface area (Å²) in [7, 11) is 0. The molecule has 0 unspecified atom stereocenters. The van der Waals surface area contributed by atoms with Gasteiger partial charge in [-0.05, 0) is 31.5 Å². The second-order valence-electron chi connectivity index (χ2n) is 7.83. The molecule has 0 atom stereocenters. The summed E-state index contributed by atoms with van der Waals surface area (Å²) in [5, 5.41) is 23.7. The van der Waals surface area contributed by atoms with Crippen LogP contribution in [0.4, 0.5) is 5.69 Å². The number of amides is 1. The van der Waals surface area contributed by atoms with Crippen LogP contribution >= 0.6 is 0 Å². The minimum atomic E-state index is -0.754. The van der Waals surface area contributed by atoms with Gasteiger partial charge in [-0.3, -0.25) is 14.9 Å². The third kappa shape index (κ3) is 3.34. The maximum Gasteiger partial charge on any atom is 0.270 e. The van der Waals surface area contributed by atoms with Gasteiger partial charge in [0, 0.05) is 41.9 Å². The Morgan fingerprint density at radius 2 is 2.00 bits per heavy atom. The van der Waals surface area contributed by atoms with E-state index in [1.165, 1.54) is 12.1 Å². The van der Waals surface area contributed by atoms with Crippen LogP contribution in [0.3, 0.4) is 0 Å². The molecule has 0 fully saturated rings. The molecule has 2 aliphatic heterocycles. The Hall–Kier alpha value is -3.23. The van der Waals surface area contributed by atoms with E-state index in [4.69, 9.17) is 9.84 Å². The van der Waals surface area contributed by atoms with Gasteiger partial charge in [0.1, 0.15) is 11.4 Å². The molecule has 2 aromatic rings. The first-order valence-corrected chi connectivity index (χ1v) is 9.76. The third-order valence-corrected chi connectivity index (χ3v) is 5.49. The van der Waals surface area contributed by atoms with Gasteiger partial charge >= 0.3 is 0 Å². The molecule has 30 heavy (non-hydrogen) atoms. The number of nitro groups is 1. The number of nitrogens with one attached hydrogen (secondary N) is 1. The number of benzene rings is 2. The van der Waals surface area contributed by atoms with E-state index in [1.807, 2.05) is 32.0 Å². The van der Waals surface area contributed by atoms with Crippen molar-refractivity contribution in [2.75, 3.05) is 19.7 Å². The predicted molar refractivity (Wildman–Crippen MR) is 111 cm³/mol. The minimum Gasteiger partial charge on any atom is -0.483 e. The first kappa shape index (κ1) is 20.1. The van der Waals surface area contributed by atoms with Crippen molar-refractivity contribution >= 4 is 17.3 Å². The molecule has 4 rings (SSSR count). The van der Waals surface area contributed by atoms with Gasteiger partial charge < -0.3 is 20.1 Å². The van der Waals surface area contributed by atoms with E-state index in [0.29, 0.717) is 42.2 Å². The maximum absolute atomic E-state index is 13.3. The van der Waals surface area contributed by atoms with Crippen LogP contribution in [0.15, 0.2) is 48.0 Å². The van der Waals surface area contributed by atoms with Crippen LogP contribution in [0.5, 0.6) is 5.75 Å². The molecule has 0 radical (unpaired) electrons. The molecule has 0 aromatic heterocycles. The average molecular weight is 409 g/mol. The van der Waals surface area contributed by atoms with Gasteiger partial charge in [0.25, 0.3) is 11.6 Å². The van der Waals surface area contributed by atoms with Crippen LogP contribution in [0.1, 0.15) is 35.3 Å². The Labute approximate surface area is 173 Å². The third-order valence-electron chi connectivity index (χ3n) is 5.49. The molecule has 0 aliphatic carbocycles. The lowest BCUT2D eigenvalue weighted by atomic mass is 9.88. The fraction of sp³-hybridized carbons (Fsp3) is 0.318. The predicted octanol–water partition coefficient (Wildman–Crippen LogP) is 2.71. The second-order valence-corrected chi connectivity index (χ2v) is 7.83. The molecule has 156 valence electrons. The molecule has 2 aliphatic rings. The zero-order valence-electron chi connectivity index (χ0n) is 16.8. The molecule has 0 saturated heterocycles. The Morgan fingerprint density at radius 3 is 2.70 bits per heavy atom. The van der Waals surface area contributed by atoms with E-state index in [2.05, 4.69) is 5.32 Å². The van der Waals surface area contributed by atoms with Gasteiger partial charge in [-0.1, -0.05) is 18.2 Å². The van der Waals surface area contributed by atoms with Crippen molar-refractivity contribution < 1.29 is 19.6 Å². The Bertz CT molecular complexity index is 1060. The number of carbonyl (C=O) groups excluding carboxylic acids is 1. The molecule has 0 spiro atoms. The summed E-state index contributed by atoms with van der Waals surface area (Å²) in [6.07, 6.45) is 0. The van der Waals surface area contributed by atoms with E-state index < -0.39 is 10.5 Å². The highest BCUT2D eigenvalue weighted by atomic mass is 16.6. The van der Waals surface area contributed by atoms with Crippen molar-refractivity contribution in [1.82, 2.24) is 10.2 Å². The van der Waals surface area contributed by atoms with Crippen LogP contribution in [0, 0.1) is 10.1 Å². The number of nitro benzene ring substituents is 1. The Kier molecular flexibility index (Phi) is 5.05. The fourth-order valence-electron chi connectivity index (χ4n) is 4.02. The molecular formula is C22H23N3O5. The molecule has 1 amide bonds. The molecule has 2 aromatic carbocycles. The molecule has 0 saturated carbocycles. The van der Waals surface area contributed by atoms with Crippen molar-refractivity contribution in [3.05, 3.63) is 74.8 Å². The van der Waals surface area contributed by atoms with E-state index in [9.17, 15) is 14.9 Å². The summed E-state index contributed by atoms with van der Waals surface area (Å²) in [4.78, 5) is 25.9. The number of non-ortho nitro benzene ring substituents is 1. The van der Waals surface area contributed by atoms with Crippen LogP contribution < -0.4 is 10.1 Å². The summed E-state index contributed by atoms with van der Waals surface area (Å²) in [5.74, 6) is 0.352. The fourth-order valence-corrected chi connectivity index (χ4v) is 4.02. The Morgan fingerprint density at radius 1 is 1.23 bits per heavy atom. The number of carbonyl (C=O) groups is 1. The summed E-state index contributed by atoms with van der Waals surface area (Å²) in [6.45, 7) is 4.90. The molecular weight excluding hydrogens is 386 g/mol.